The zero-order chi connectivity index (χ0) is 15.4. The number of nitrogens with one attached hydrogen (secondary N) is 1. The second-order valence-corrected chi connectivity index (χ2v) is 5.83. The van der Waals surface area contributed by atoms with E-state index in [9.17, 15) is 13.2 Å². The fraction of sp³-hybridized carbons (Fsp3) is 0.625. The molecule has 1 fully saturated rings. The van der Waals surface area contributed by atoms with E-state index in [4.69, 9.17) is 0 Å². The summed E-state index contributed by atoms with van der Waals surface area (Å²) in [5, 5.41) is 3.38. The van der Waals surface area contributed by atoms with Gasteiger partial charge in [-0.15, -0.1) is 0 Å². The van der Waals surface area contributed by atoms with Crippen LogP contribution in [-0.2, 0) is 0 Å². The highest BCUT2D eigenvalue weighted by Gasteiger charge is 2.31. The summed E-state index contributed by atoms with van der Waals surface area (Å²) >= 11 is 0. The van der Waals surface area contributed by atoms with Gasteiger partial charge >= 0.3 is 0 Å². The van der Waals surface area contributed by atoms with Crippen molar-refractivity contribution < 1.29 is 13.2 Å². The topological polar surface area (TPSA) is 15.3 Å². The van der Waals surface area contributed by atoms with E-state index in [0.29, 0.717) is 5.56 Å². The van der Waals surface area contributed by atoms with Crippen LogP contribution in [0.2, 0.25) is 0 Å². The summed E-state index contributed by atoms with van der Waals surface area (Å²) < 4.78 is 40.2. The second-order valence-electron chi connectivity index (χ2n) is 5.83. The van der Waals surface area contributed by atoms with Crippen LogP contribution < -0.4 is 5.32 Å². The first-order valence-electron chi connectivity index (χ1n) is 7.60. The molecule has 1 aliphatic heterocycles. The molecule has 1 aromatic carbocycles. The molecule has 0 spiro atoms. The Morgan fingerprint density at radius 1 is 1.24 bits per heavy atom. The van der Waals surface area contributed by atoms with Crippen molar-refractivity contribution in [2.24, 2.45) is 5.92 Å². The van der Waals surface area contributed by atoms with E-state index in [0.717, 1.165) is 51.0 Å². The third-order valence-corrected chi connectivity index (χ3v) is 4.19. The minimum Gasteiger partial charge on any atom is -0.316 e. The van der Waals surface area contributed by atoms with E-state index in [-0.39, 0.29) is 12.0 Å². The molecular formula is C16H23F3N2. The van der Waals surface area contributed by atoms with E-state index < -0.39 is 17.5 Å². The van der Waals surface area contributed by atoms with Crippen molar-refractivity contribution in [3.8, 4) is 0 Å². The van der Waals surface area contributed by atoms with Crippen LogP contribution in [0.1, 0.15) is 37.8 Å². The van der Waals surface area contributed by atoms with Gasteiger partial charge in [-0.2, -0.15) is 0 Å². The number of hydrogen-bond donors (Lipinski definition) is 1. The molecule has 1 heterocycles. The minimum absolute atomic E-state index is 0.0762. The fourth-order valence-electron chi connectivity index (χ4n) is 3.21. The maximum absolute atomic E-state index is 13.5. The van der Waals surface area contributed by atoms with Gasteiger partial charge in [-0.25, -0.2) is 13.2 Å². The molecule has 1 aromatic rings. The molecule has 1 aliphatic rings. The number of rotatable bonds is 5. The third kappa shape index (κ3) is 3.77. The summed E-state index contributed by atoms with van der Waals surface area (Å²) in [7, 11) is 1.95. The van der Waals surface area contributed by atoms with Gasteiger partial charge in [-0.05, 0) is 69.6 Å². The normalized spacial score (nSPS) is 23.5. The van der Waals surface area contributed by atoms with Crippen molar-refractivity contribution in [2.45, 2.75) is 32.2 Å². The first kappa shape index (κ1) is 16.3. The molecule has 0 aliphatic carbocycles. The predicted octanol–water partition coefficient (Wildman–Crippen LogP) is 3.49. The molecule has 0 radical (unpaired) electrons. The van der Waals surface area contributed by atoms with E-state index in [1.54, 1.807) is 0 Å². The highest BCUT2D eigenvalue weighted by molar-refractivity contribution is 5.24. The van der Waals surface area contributed by atoms with Gasteiger partial charge in [0.2, 0.25) is 0 Å². The number of likely N-dealkylation sites (tertiary alicyclic amines) is 1. The van der Waals surface area contributed by atoms with Gasteiger partial charge in [0.1, 0.15) is 0 Å². The van der Waals surface area contributed by atoms with Crippen molar-refractivity contribution in [3.05, 3.63) is 35.1 Å². The Labute approximate surface area is 124 Å². The van der Waals surface area contributed by atoms with Crippen LogP contribution in [0.5, 0.6) is 0 Å². The quantitative estimate of drug-likeness (QED) is 0.661. The van der Waals surface area contributed by atoms with Crippen LogP contribution in [0.4, 0.5) is 13.2 Å². The van der Waals surface area contributed by atoms with E-state index >= 15 is 0 Å². The van der Waals surface area contributed by atoms with Gasteiger partial charge < -0.3 is 5.32 Å². The maximum atomic E-state index is 13.5. The highest BCUT2D eigenvalue weighted by Crippen LogP contribution is 2.35. The van der Waals surface area contributed by atoms with Crippen molar-refractivity contribution in [2.75, 3.05) is 26.7 Å². The fourth-order valence-corrected chi connectivity index (χ4v) is 3.21. The molecule has 0 saturated carbocycles. The number of benzene rings is 1. The average Bonchev–Trinajstić information content (AvgIpc) is 2.45. The summed E-state index contributed by atoms with van der Waals surface area (Å²) in [6.45, 7) is 4.72. The smallest absolute Gasteiger partial charge is 0.194 e. The van der Waals surface area contributed by atoms with Crippen LogP contribution in [0.15, 0.2) is 12.1 Å². The van der Waals surface area contributed by atoms with Gasteiger partial charge in [-0.1, -0.05) is 6.92 Å². The summed E-state index contributed by atoms with van der Waals surface area (Å²) in [4.78, 5) is 2.11. The summed E-state index contributed by atoms with van der Waals surface area (Å²) in [5.41, 5.74) is 0.525. The molecule has 118 valence electrons. The van der Waals surface area contributed by atoms with Crippen molar-refractivity contribution in [3.63, 3.8) is 0 Å². The molecule has 2 rings (SSSR count). The van der Waals surface area contributed by atoms with Crippen LogP contribution in [-0.4, -0.2) is 31.6 Å². The lowest BCUT2D eigenvalue weighted by atomic mass is 9.84. The summed E-state index contributed by atoms with van der Waals surface area (Å²) in [6, 6.07) is 2.20. The van der Waals surface area contributed by atoms with Crippen molar-refractivity contribution in [1.29, 1.82) is 0 Å². The van der Waals surface area contributed by atoms with Crippen LogP contribution in [0.3, 0.4) is 0 Å². The zero-order valence-electron chi connectivity index (χ0n) is 12.6. The Kier molecular flexibility index (Phi) is 5.65. The van der Waals surface area contributed by atoms with Gasteiger partial charge in [0.05, 0.1) is 0 Å². The highest BCUT2D eigenvalue weighted by atomic mass is 19.2. The molecule has 1 saturated heterocycles. The van der Waals surface area contributed by atoms with Crippen molar-refractivity contribution >= 4 is 0 Å². The van der Waals surface area contributed by atoms with Gasteiger partial charge in [-0.3, -0.25) is 4.90 Å². The predicted molar refractivity (Wildman–Crippen MR) is 77.6 cm³/mol. The molecule has 2 atom stereocenters. The maximum Gasteiger partial charge on any atom is 0.194 e. The molecule has 2 nitrogen and oxygen atoms in total. The molecule has 1 N–H and O–H groups in total. The van der Waals surface area contributed by atoms with Crippen LogP contribution in [0, 0.1) is 23.4 Å². The van der Waals surface area contributed by atoms with Crippen molar-refractivity contribution in [1.82, 2.24) is 10.2 Å². The second kappa shape index (κ2) is 7.27. The molecule has 2 unspecified atom stereocenters. The Morgan fingerprint density at radius 2 is 1.90 bits per heavy atom. The lowest BCUT2D eigenvalue weighted by molar-refractivity contribution is 0.119. The summed E-state index contributed by atoms with van der Waals surface area (Å²) in [5.74, 6) is -3.33. The standard InChI is InChI=1S/C16H23F3N2/c1-3-6-20-10-11-5-4-7-21(2)16(11)12-8-13(17)15(19)14(18)9-12/h8-9,11,16,20H,3-7,10H2,1-2H3. The lowest BCUT2D eigenvalue weighted by Crippen LogP contribution is -2.40. The molecule has 21 heavy (non-hydrogen) atoms. The Morgan fingerprint density at radius 3 is 2.52 bits per heavy atom. The first-order valence-corrected chi connectivity index (χ1v) is 7.60. The SMILES string of the molecule is CCCNCC1CCCN(C)C1c1cc(F)c(F)c(F)c1. The Hall–Kier alpha value is -1.07. The van der Waals surface area contributed by atoms with Crippen LogP contribution in [0.25, 0.3) is 0 Å². The monoisotopic (exact) mass is 300 g/mol. The van der Waals surface area contributed by atoms with Gasteiger partial charge in [0.15, 0.2) is 17.5 Å². The lowest BCUT2D eigenvalue weighted by Gasteiger charge is -2.39. The van der Waals surface area contributed by atoms with E-state index in [1.807, 2.05) is 7.05 Å². The molecule has 0 bridgehead atoms. The van der Waals surface area contributed by atoms with Gasteiger partial charge in [0, 0.05) is 6.04 Å². The van der Waals surface area contributed by atoms with Gasteiger partial charge in [0.25, 0.3) is 0 Å². The largest absolute Gasteiger partial charge is 0.316 e. The Bertz CT molecular complexity index is 456. The molecular weight excluding hydrogens is 277 g/mol. The molecule has 0 amide bonds. The third-order valence-electron chi connectivity index (χ3n) is 4.19. The minimum atomic E-state index is -1.39. The molecule has 5 heteroatoms. The number of nitrogens with zero attached hydrogens (tertiary/aromatic N) is 1. The number of piperidine rings is 1. The van der Waals surface area contributed by atoms with E-state index in [1.165, 1.54) is 0 Å². The zero-order valence-corrected chi connectivity index (χ0v) is 12.6. The molecule has 0 aromatic heterocycles. The number of halogens is 3. The Balaban J connectivity index is 2.23. The first-order chi connectivity index (χ1) is 10.0. The number of hydrogen-bond acceptors (Lipinski definition) is 2. The average molecular weight is 300 g/mol. The van der Waals surface area contributed by atoms with Crippen LogP contribution >= 0.6 is 0 Å². The van der Waals surface area contributed by atoms with E-state index in [2.05, 4.69) is 17.1 Å². The summed E-state index contributed by atoms with van der Waals surface area (Å²) in [6.07, 6.45) is 3.12.